The van der Waals surface area contributed by atoms with Gasteiger partial charge in [0.15, 0.2) is 6.10 Å². The topological polar surface area (TPSA) is 78.9 Å². The lowest BCUT2D eigenvalue weighted by atomic mass is 10.0. The van der Waals surface area contributed by atoms with Gasteiger partial charge in [-0.25, -0.2) is 0 Å². The lowest BCUT2D eigenvalue weighted by Gasteiger charge is -2.18. The highest BCUT2D eigenvalue weighted by molar-refractivity contribution is 5.71. The molecule has 0 aliphatic rings. The lowest BCUT2D eigenvalue weighted by Crippen LogP contribution is -2.30. The molecule has 6 heteroatoms. The Balaban J connectivity index is 4.24. The van der Waals surface area contributed by atoms with Crippen LogP contribution in [0.2, 0.25) is 0 Å². The van der Waals surface area contributed by atoms with E-state index < -0.39 is 6.10 Å². The Morgan fingerprint density at radius 1 is 0.283 bits per heavy atom. The number of unbranched alkanes of at least 4 members (excludes halogenated alkanes) is 30. The standard InChI is InChI=1S/C54H104O6/c1-48(2)40-34-28-22-16-13-11-9-7-8-10-12-14-18-25-31-37-43-52(55)58-46-51(60-54(57)45-39-33-27-21-20-24-30-36-42-50(5)6)47-59-53(56)44-38-32-26-19-15-17-23-29-35-41-49(3)4/h48-51H,7-47H2,1-6H3/t51-/m1/s1. The predicted octanol–water partition coefficient (Wildman–Crippen LogP) is 17.2. The molecule has 0 bridgehead atoms. The molecule has 0 aliphatic heterocycles. The van der Waals surface area contributed by atoms with Gasteiger partial charge in [-0.3, -0.25) is 14.4 Å². The summed E-state index contributed by atoms with van der Waals surface area (Å²) in [6.45, 7) is 13.7. The Morgan fingerprint density at radius 3 is 0.717 bits per heavy atom. The number of rotatable bonds is 47. The summed E-state index contributed by atoms with van der Waals surface area (Å²) in [6.07, 6.45) is 45.3. The number of hydrogen-bond acceptors (Lipinski definition) is 6. The summed E-state index contributed by atoms with van der Waals surface area (Å²) < 4.78 is 16.8. The van der Waals surface area contributed by atoms with Crippen LogP contribution in [-0.2, 0) is 28.6 Å². The Bertz CT molecular complexity index is 929. The third-order valence-corrected chi connectivity index (χ3v) is 12.1. The molecule has 1 atom stereocenters. The molecule has 0 amide bonds. The van der Waals surface area contributed by atoms with E-state index in [9.17, 15) is 14.4 Å². The van der Waals surface area contributed by atoms with E-state index in [0.29, 0.717) is 19.3 Å². The Labute approximate surface area is 374 Å². The molecule has 0 aromatic rings. The fraction of sp³-hybridized carbons (Fsp3) is 0.944. The molecule has 0 rings (SSSR count). The van der Waals surface area contributed by atoms with Crippen molar-refractivity contribution in [2.75, 3.05) is 13.2 Å². The van der Waals surface area contributed by atoms with Gasteiger partial charge in [0.1, 0.15) is 13.2 Å². The predicted molar refractivity (Wildman–Crippen MR) is 256 cm³/mol. The van der Waals surface area contributed by atoms with Crippen molar-refractivity contribution in [3.05, 3.63) is 0 Å². The molecule has 60 heavy (non-hydrogen) atoms. The first kappa shape index (κ1) is 58.4. The second-order valence-corrected chi connectivity index (χ2v) is 19.9. The van der Waals surface area contributed by atoms with Crippen LogP contribution >= 0.6 is 0 Å². The van der Waals surface area contributed by atoms with E-state index in [-0.39, 0.29) is 31.1 Å². The molecule has 0 radical (unpaired) electrons. The van der Waals surface area contributed by atoms with Gasteiger partial charge in [0, 0.05) is 19.3 Å². The summed E-state index contributed by atoms with van der Waals surface area (Å²) in [6, 6.07) is 0. The van der Waals surface area contributed by atoms with Crippen LogP contribution in [0.5, 0.6) is 0 Å². The average molecular weight is 849 g/mol. The van der Waals surface area contributed by atoms with Crippen molar-refractivity contribution in [1.29, 1.82) is 0 Å². The quantitative estimate of drug-likeness (QED) is 0.0345. The minimum absolute atomic E-state index is 0.0649. The number of ether oxygens (including phenoxy) is 3. The molecule has 0 aliphatic carbocycles. The number of esters is 3. The van der Waals surface area contributed by atoms with Crippen molar-refractivity contribution < 1.29 is 28.6 Å². The first-order valence-corrected chi connectivity index (χ1v) is 26.6. The molecule has 0 heterocycles. The fourth-order valence-corrected chi connectivity index (χ4v) is 8.12. The Hall–Kier alpha value is -1.59. The molecule has 0 unspecified atom stereocenters. The second-order valence-electron chi connectivity index (χ2n) is 19.9. The first-order chi connectivity index (χ1) is 29.1. The van der Waals surface area contributed by atoms with Crippen molar-refractivity contribution in [2.45, 2.75) is 298 Å². The van der Waals surface area contributed by atoms with Gasteiger partial charge in [-0.2, -0.15) is 0 Å². The zero-order chi connectivity index (χ0) is 44.2. The molecule has 0 fully saturated rings. The molecule has 0 saturated carbocycles. The third kappa shape index (κ3) is 47.5. The molecule has 6 nitrogen and oxygen atoms in total. The summed E-state index contributed by atoms with van der Waals surface area (Å²) >= 11 is 0. The number of carbonyl (C=O) groups is 3. The van der Waals surface area contributed by atoms with Crippen LogP contribution in [0.1, 0.15) is 292 Å². The summed E-state index contributed by atoms with van der Waals surface area (Å²) in [5.41, 5.74) is 0. The van der Waals surface area contributed by atoms with Gasteiger partial charge >= 0.3 is 17.9 Å². The van der Waals surface area contributed by atoms with Gasteiger partial charge in [0.05, 0.1) is 0 Å². The minimum Gasteiger partial charge on any atom is -0.462 e. The fourth-order valence-electron chi connectivity index (χ4n) is 8.12. The van der Waals surface area contributed by atoms with E-state index in [1.807, 2.05) is 0 Å². The molecular weight excluding hydrogens is 745 g/mol. The number of carbonyl (C=O) groups excluding carboxylic acids is 3. The van der Waals surface area contributed by atoms with Crippen LogP contribution in [0, 0.1) is 17.8 Å². The van der Waals surface area contributed by atoms with Crippen molar-refractivity contribution in [3.63, 3.8) is 0 Å². The van der Waals surface area contributed by atoms with Crippen LogP contribution in [0.25, 0.3) is 0 Å². The molecule has 0 spiro atoms. The molecule has 0 N–H and O–H groups in total. The van der Waals surface area contributed by atoms with Gasteiger partial charge in [-0.15, -0.1) is 0 Å². The zero-order valence-electron chi connectivity index (χ0n) is 41.3. The van der Waals surface area contributed by atoms with Gasteiger partial charge < -0.3 is 14.2 Å². The summed E-state index contributed by atoms with van der Waals surface area (Å²) in [5, 5.41) is 0. The maximum absolute atomic E-state index is 12.8. The van der Waals surface area contributed by atoms with Crippen molar-refractivity contribution in [2.24, 2.45) is 17.8 Å². The molecule has 356 valence electrons. The van der Waals surface area contributed by atoms with Crippen LogP contribution < -0.4 is 0 Å². The summed E-state index contributed by atoms with van der Waals surface area (Å²) in [7, 11) is 0. The zero-order valence-corrected chi connectivity index (χ0v) is 41.3. The van der Waals surface area contributed by atoms with E-state index >= 15 is 0 Å². The van der Waals surface area contributed by atoms with Gasteiger partial charge in [-0.1, -0.05) is 253 Å². The monoisotopic (exact) mass is 849 g/mol. The van der Waals surface area contributed by atoms with E-state index in [4.69, 9.17) is 14.2 Å². The first-order valence-electron chi connectivity index (χ1n) is 26.6. The van der Waals surface area contributed by atoms with E-state index in [1.54, 1.807) is 0 Å². The Morgan fingerprint density at radius 2 is 0.483 bits per heavy atom. The highest BCUT2D eigenvalue weighted by atomic mass is 16.6. The third-order valence-electron chi connectivity index (χ3n) is 12.1. The van der Waals surface area contributed by atoms with E-state index in [1.165, 1.54) is 173 Å². The van der Waals surface area contributed by atoms with E-state index in [0.717, 1.165) is 75.5 Å². The second kappa shape index (κ2) is 45.4. The van der Waals surface area contributed by atoms with Crippen LogP contribution in [0.3, 0.4) is 0 Å². The van der Waals surface area contributed by atoms with Crippen LogP contribution in [-0.4, -0.2) is 37.2 Å². The maximum atomic E-state index is 12.8. The SMILES string of the molecule is CC(C)CCCCCCCCCCCCCCCCCCC(=O)OC[C@H](COC(=O)CCCCCCCCCCCC(C)C)OC(=O)CCCCCCCCCCC(C)C. The molecule has 0 aromatic heterocycles. The smallest absolute Gasteiger partial charge is 0.306 e. The van der Waals surface area contributed by atoms with Crippen molar-refractivity contribution in [3.8, 4) is 0 Å². The molecular formula is C54H104O6. The van der Waals surface area contributed by atoms with Crippen LogP contribution in [0.4, 0.5) is 0 Å². The maximum Gasteiger partial charge on any atom is 0.306 e. The average Bonchev–Trinajstić information content (AvgIpc) is 3.20. The molecule has 0 saturated heterocycles. The number of hydrogen-bond donors (Lipinski definition) is 0. The minimum atomic E-state index is -0.763. The Kier molecular flexibility index (Phi) is 44.2. The largest absolute Gasteiger partial charge is 0.462 e. The van der Waals surface area contributed by atoms with Crippen molar-refractivity contribution >= 4 is 17.9 Å². The normalized spacial score (nSPS) is 12.2. The van der Waals surface area contributed by atoms with Crippen LogP contribution in [0.15, 0.2) is 0 Å². The van der Waals surface area contributed by atoms with Crippen molar-refractivity contribution in [1.82, 2.24) is 0 Å². The summed E-state index contributed by atoms with van der Waals surface area (Å²) in [5.74, 6) is 1.60. The highest BCUT2D eigenvalue weighted by Gasteiger charge is 2.19. The van der Waals surface area contributed by atoms with Gasteiger partial charge in [0.25, 0.3) is 0 Å². The lowest BCUT2D eigenvalue weighted by molar-refractivity contribution is -0.167. The van der Waals surface area contributed by atoms with Gasteiger partial charge in [0.2, 0.25) is 0 Å². The van der Waals surface area contributed by atoms with E-state index in [2.05, 4.69) is 41.5 Å². The molecule has 0 aromatic carbocycles. The highest BCUT2D eigenvalue weighted by Crippen LogP contribution is 2.18. The summed E-state index contributed by atoms with van der Waals surface area (Å²) in [4.78, 5) is 37.9. The van der Waals surface area contributed by atoms with Gasteiger partial charge in [-0.05, 0) is 37.0 Å².